The average molecular weight is 272 g/mol. The molecule has 0 aliphatic carbocycles. The number of alkyl carbamates (subject to hydrolysis) is 1. The lowest BCUT2D eigenvalue weighted by Gasteiger charge is -2.13. The molecule has 0 aliphatic heterocycles. The van der Waals surface area contributed by atoms with E-state index in [1.54, 1.807) is 12.1 Å². The zero-order chi connectivity index (χ0) is 13.5. The molecule has 18 heavy (non-hydrogen) atoms. The fourth-order valence-corrected chi connectivity index (χ4v) is 1.55. The van der Waals surface area contributed by atoms with Crippen LogP contribution in [0.2, 0.25) is 5.02 Å². The third-order valence-electron chi connectivity index (χ3n) is 2.41. The molecule has 0 aromatic heterocycles. The molecule has 0 heterocycles. The number of aliphatic carboxylic acids is 1. The van der Waals surface area contributed by atoms with Crippen molar-refractivity contribution in [1.29, 1.82) is 0 Å². The molecule has 98 valence electrons. The van der Waals surface area contributed by atoms with Crippen molar-refractivity contribution in [2.75, 3.05) is 7.11 Å². The molecule has 1 aromatic carbocycles. The topological polar surface area (TPSA) is 75.6 Å². The minimum Gasteiger partial charge on any atom is -0.480 e. The van der Waals surface area contributed by atoms with Crippen molar-refractivity contribution in [3.05, 3.63) is 34.9 Å². The molecule has 0 bridgehead atoms. The van der Waals surface area contributed by atoms with Gasteiger partial charge in [0.15, 0.2) is 0 Å². The first-order valence-corrected chi connectivity index (χ1v) is 5.72. The Bertz CT molecular complexity index is 419. The first-order valence-electron chi connectivity index (χ1n) is 5.34. The number of methoxy groups -OCH3 is 1. The summed E-state index contributed by atoms with van der Waals surface area (Å²) in [5, 5.41) is 11.8. The van der Waals surface area contributed by atoms with Crippen molar-refractivity contribution >= 4 is 23.7 Å². The fraction of sp³-hybridized carbons (Fsp3) is 0.333. The second kappa shape index (κ2) is 6.86. The molecule has 0 saturated heterocycles. The number of carboxylic acids is 1. The van der Waals surface area contributed by atoms with Crippen LogP contribution in [-0.2, 0) is 16.0 Å². The highest BCUT2D eigenvalue weighted by Gasteiger charge is 2.19. The average Bonchev–Trinajstić information content (AvgIpc) is 2.35. The Hall–Kier alpha value is -1.75. The highest BCUT2D eigenvalue weighted by molar-refractivity contribution is 6.30. The summed E-state index contributed by atoms with van der Waals surface area (Å²) in [5.41, 5.74) is 0.956. The number of rotatable bonds is 5. The number of carbonyl (C=O) groups is 2. The van der Waals surface area contributed by atoms with Crippen LogP contribution in [0.15, 0.2) is 24.3 Å². The maximum atomic E-state index is 11.0. The zero-order valence-corrected chi connectivity index (χ0v) is 10.6. The molecule has 1 aromatic rings. The molecule has 0 saturated carbocycles. The lowest BCUT2D eigenvalue weighted by molar-refractivity contribution is -0.139. The molecule has 0 aliphatic rings. The maximum absolute atomic E-state index is 11.0. The van der Waals surface area contributed by atoms with Gasteiger partial charge in [-0.2, -0.15) is 0 Å². The van der Waals surface area contributed by atoms with E-state index in [1.807, 2.05) is 12.1 Å². The van der Waals surface area contributed by atoms with E-state index in [0.29, 0.717) is 11.4 Å². The van der Waals surface area contributed by atoms with Crippen molar-refractivity contribution in [2.24, 2.45) is 0 Å². The Morgan fingerprint density at radius 3 is 2.50 bits per heavy atom. The van der Waals surface area contributed by atoms with Crippen molar-refractivity contribution in [1.82, 2.24) is 5.32 Å². The molecule has 0 radical (unpaired) electrons. The standard InChI is InChI=1S/C12H14ClNO4/c1-18-12(17)14-10(11(15)16)7-4-8-2-5-9(13)6-3-8/h2-3,5-6,10H,4,7H2,1H3,(H,14,17)(H,15,16). The van der Waals surface area contributed by atoms with E-state index in [1.165, 1.54) is 7.11 Å². The fourth-order valence-electron chi connectivity index (χ4n) is 1.42. The van der Waals surface area contributed by atoms with E-state index in [4.69, 9.17) is 16.7 Å². The van der Waals surface area contributed by atoms with Gasteiger partial charge >= 0.3 is 12.1 Å². The summed E-state index contributed by atoms with van der Waals surface area (Å²) >= 11 is 5.74. The number of amides is 1. The summed E-state index contributed by atoms with van der Waals surface area (Å²) in [5.74, 6) is -1.09. The monoisotopic (exact) mass is 271 g/mol. The molecule has 0 fully saturated rings. The Morgan fingerprint density at radius 2 is 2.00 bits per heavy atom. The lowest BCUT2D eigenvalue weighted by Crippen LogP contribution is -2.41. The number of aryl methyl sites for hydroxylation is 1. The normalized spacial score (nSPS) is 11.7. The minimum atomic E-state index is -1.09. The van der Waals surface area contributed by atoms with Crippen molar-refractivity contribution in [3.63, 3.8) is 0 Å². The summed E-state index contributed by atoms with van der Waals surface area (Å²) in [6.07, 6.45) is 0.0583. The van der Waals surface area contributed by atoms with Crippen molar-refractivity contribution in [2.45, 2.75) is 18.9 Å². The van der Waals surface area contributed by atoms with E-state index < -0.39 is 18.1 Å². The predicted molar refractivity (Wildman–Crippen MR) is 66.7 cm³/mol. The van der Waals surface area contributed by atoms with Gasteiger partial charge in [-0.3, -0.25) is 0 Å². The second-order valence-electron chi connectivity index (χ2n) is 3.69. The Morgan fingerprint density at radius 1 is 1.39 bits per heavy atom. The first-order chi connectivity index (χ1) is 8.52. The number of carboxylic acid groups (broad SMARTS) is 1. The number of benzene rings is 1. The number of halogens is 1. The molecule has 2 N–H and O–H groups in total. The van der Waals surface area contributed by atoms with Crippen LogP contribution < -0.4 is 5.32 Å². The van der Waals surface area contributed by atoms with Crippen LogP contribution in [0.5, 0.6) is 0 Å². The molecule has 0 spiro atoms. The lowest BCUT2D eigenvalue weighted by atomic mass is 10.1. The van der Waals surface area contributed by atoms with E-state index >= 15 is 0 Å². The van der Waals surface area contributed by atoms with Gasteiger partial charge in [0.1, 0.15) is 6.04 Å². The summed E-state index contributed by atoms with van der Waals surface area (Å²) in [6, 6.07) is 6.15. The molecular weight excluding hydrogens is 258 g/mol. The van der Waals surface area contributed by atoms with Crippen LogP contribution in [0.4, 0.5) is 4.79 Å². The van der Waals surface area contributed by atoms with E-state index in [2.05, 4.69) is 10.1 Å². The summed E-state index contributed by atoms with van der Waals surface area (Å²) in [7, 11) is 1.19. The van der Waals surface area contributed by atoms with Crippen LogP contribution in [0.1, 0.15) is 12.0 Å². The first kappa shape index (κ1) is 14.3. The summed E-state index contributed by atoms with van der Waals surface area (Å²) in [4.78, 5) is 21.9. The van der Waals surface area contributed by atoms with Crippen LogP contribution in [0, 0.1) is 0 Å². The highest BCUT2D eigenvalue weighted by atomic mass is 35.5. The predicted octanol–water partition coefficient (Wildman–Crippen LogP) is 2.08. The summed E-state index contributed by atoms with van der Waals surface area (Å²) in [6.45, 7) is 0. The third-order valence-corrected chi connectivity index (χ3v) is 2.66. The Kier molecular flexibility index (Phi) is 5.45. The number of ether oxygens (including phenoxy) is 1. The quantitative estimate of drug-likeness (QED) is 0.860. The third kappa shape index (κ3) is 4.63. The number of carbonyl (C=O) groups excluding carboxylic acids is 1. The molecule has 1 atom stereocenters. The molecular formula is C12H14ClNO4. The summed E-state index contributed by atoms with van der Waals surface area (Å²) < 4.78 is 4.37. The minimum absolute atomic E-state index is 0.284. The van der Waals surface area contributed by atoms with Crippen LogP contribution in [0.25, 0.3) is 0 Å². The Labute approximate surface area is 110 Å². The van der Waals surface area contributed by atoms with E-state index in [-0.39, 0.29) is 6.42 Å². The van der Waals surface area contributed by atoms with Gasteiger partial charge in [-0.15, -0.1) is 0 Å². The van der Waals surface area contributed by atoms with Crippen molar-refractivity contribution < 1.29 is 19.4 Å². The maximum Gasteiger partial charge on any atom is 0.407 e. The van der Waals surface area contributed by atoms with Crippen LogP contribution >= 0.6 is 11.6 Å². The zero-order valence-electron chi connectivity index (χ0n) is 9.85. The van der Waals surface area contributed by atoms with Gasteiger partial charge in [0.25, 0.3) is 0 Å². The van der Waals surface area contributed by atoms with Gasteiger partial charge in [0.2, 0.25) is 0 Å². The SMILES string of the molecule is COC(=O)NC(CCc1ccc(Cl)cc1)C(=O)O. The molecule has 1 rings (SSSR count). The van der Waals surface area contributed by atoms with Gasteiger partial charge < -0.3 is 15.2 Å². The largest absolute Gasteiger partial charge is 0.480 e. The highest BCUT2D eigenvalue weighted by Crippen LogP contribution is 2.11. The molecule has 5 nitrogen and oxygen atoms in total. The number of nitrogens with one attached hydrogen (secondary N) is 1. The van der Waals surface area contributed by atoms with Gasteiger partial charge in [-0.1, -0.05) is 23.7 Å². The number of hydrogen-bond acceptors (Lipinski definition) is 3. The van der Waals surface area contributed by atoms with Crippen molar-refractivity contribution in [3.8, 4) is 0 Å². The smallest absolute Gasteiger partial charge is 0.407 e. The van der Waals surface area contributed by atoms with Gasteiger partial charge in [-0.25, -0.2) is 9.59 Å². The molecule has 1 unspecified atom stereocenters. The number of hydrogen-bond donors (Lipinski definition) is 2. The second-order valence-corrected chi connectivity index (χ2v) is 4.13. The van der Waals surface area contributed by atoms with E-state index in [0.717, 1.165) is 5.56 Å². The van der Waals surface area contributed by atoms with Crippen LogP contribution in [-0.4, -0.2) is 30.3 Å². The van der Waals surface area contributed by atoms with Crippen LogP contribution in [0.3, 0.4) is 0 Å². The van der Waals surface area contributed by atoms with Gasteiger partial charge in [0, 0.05) is 5.02 Å². The molecule has 1 amide bonds. The van der Waals surface area contributed by atoms with Gasteiger partial charge in [-0.05, 0) is 30.5 Å². The molecule has 6 heteroatoms. The Balaban J connectivity index is 2.54. The van der Waals surface area contributed by atoms with E-state index in [9.17, 15) is 9.59 Å². The van der Waals surface area contributed by atoms with Gasteiger partial charge in [0.05, 0.1) is 7.11 Å².